The normalized spacial score (nSPS) is 10.5. The molecule has 0 bridgehead atoms. The largest absolute Gasteiger partial charge is 0.358 e. The van der Waals surface area contributed by atoms with E-state index in [4.69, 9.17) is 0 Å². The molecule has 1 aromatic heterocycles. The number of hydrogen-bond donors (Lipinski definition) is 1. The summed E-state index contributed by atoms with van der Waals surface area (Å²) in [4.78, 5) is 15.8. The van der Waals surface area contributed by atoms with Crippen molar-refractivity contribution in [2.24, 2.45) is 0 Å². The Morgan fingerprint density at radius 2 is 2.33 bits per heavy atom. The van der Waals surface area contributed by atoms with Crippen LogP contribution in [0, 0.1) is 0 Å². The van der Waals surface area contributed by atoms with Gasteiger partial charge in [0.25, 0.3) is 0 Å². The molecule has 0 fully saturated rings. The molecule has 0 radical (unpaired) electrons. The summed E-state index contributed by atoms with van der Waals surface area (Å²) in [5.41, 5.74) is 2.01. The molecule has 0 aliphatic rings. The van der Waals surface area contributed by atoms with Crippen molar-refractivity contribution in [1.29, 1.82) is 0 Å². The van der Waals surface area contributed by atoms with Gasteiger partial charge in [0.1, 0.15) is 0 Å². The first kappa shape index (κ1) is 12.7. The molecule has 18 heavy (non-hydrogen) atoms. The molecular formula is C13H15N3OS. The van der Waals surface area contributed by atoms with E-state index in [-0.39, 0.29) is 5.91 Å². The van der Waals surface area contributed by atoms with E-state index in [0.29, 0.717) is 12.3 Å². The SMILES string of the molecule is C=CCn1c(SCC(=O)NC)nc2ccccc21. The maximum Gasteiger partial charge on any atom is 0.230 e. The molecule has 0 saturated heterocycles. The minimum Gasteiger partial charge on any atom is -0.358 e. The van der Waals surface area contributed by atoms with Gasteiger partial charge in [-0.1, -0.05) is 30.0 Å². The van der Waals surface area contributed by atoms with E-state index in [1.165, 1.54) is 11.8 Å². The Morgan fingerprint density at radius 3 is 3.06 bits per heavy atom. The predicted octanol–water partition coefficient (Wildman–Crippen LogP) is 2.06. The minimum atomic E-state index is -0.00258. The molecule has 0 aliphatic carbocycles. The van der Waals surface area contributed by atoms with Crippen molar-refractivity contribution in [2.75, 3.05) is 12.8 Å². The summed E-state index contributed by atoms with van der Waals surface area (Å²) in [6.07, 6.45) is 1.83. The average molecular weight is 261 g/mol. The molecule has 1 heterocycles. The van der Waals surface area contributed by atoms with E-state index in [2.05, 4.69) is 21.4 Å². The van der Waals surface area contributed by atoms with Gasteiger partial charge in [-0.15, -0.1) is 6.58 Å². The molecule has 0 atom stereocenters. The van der Waals surface area contributed by atoms with Crippen molar-refractivity contribution in [3.05, 3.63) is 36.9 Å². The van der Waals surface area contributed by atoms with Crippen LogP contribution in [0.2, 0.25) is 0 Å². The topological polar surface area (TPSA) is 46.9 Å². The van der Waals surface area contributed by atoms with E-state index < -0.39 is 0 Å². The summed E-state index contributed by atoms with van der Waals surface area (Å²) in [7, 11) is 1.63. The highest BCUT2D eigenvalue weighted by Gasteiger charge is 2.11. The summed E-state index contributed by atoms with van der Waals surface area (Å²) in [6.45, 7) is 4.45. The summed E-state index contributed by atoms with van der Waals surface area (Å²) in [6, 6.07) is 7.94. The van der Waals surface area contributed by atoms with Crippen molar-refractivity contribution in [3.8, 4) is 0 Å². The van der Waals surface area contributed by atoms with E-state index in [1.54, 1.807) is 7.05 Å². The Kier molecular flexibility index (Phi) is 4.04. The van der Waals surface area contributed by atoms with Crippen LogP contribution < -0.4 is 5.32 Å². The molecular weight excluding hydrogens is 246 g/mol. The zero-order valence-electron chi connectivity index (χ0n) is 10.2. The van der Waals surface area contributed by atoms with Crippen LogP contribution in [0.1, 0.15) is 0 Å². The predicted molar refractivity (Wildman–Crippen MR) is 74.7 cm³/mol. The number of hydrogen-bond acceptors (Lipinski definition) is 3. The van der Waals surface area contributed by atoms with Crippen LogP contribution in [0.25, 0.3) is 11.0 Å². The van der Waals surface area contributed by atoms with Crippen LogP contribution in [-0.2, 0) is 11.3 Å². The molecule has 0 aliphatic heterocycles. The number of benzene rings is 1. The Labute approximate surface area is 110 Å². The number of para-hydroxylation sites is 2. The van der Waals surface area contributed by atoms with Gasteiger partial charge in [0, 0.05) is 13.6 Å². The second-order valence-corrected chi connectivity index (χ2v) is 4.69. The fraction of sp³-hybridized carbons (Fsp3) is 0.231. The van der Waals surface area contributed by atoms with Gasteiger partial charge in [0.2, 0.25) is 5.91 Å². The first-order chi connectivity index (χ1) is 8.76. The van der Waals surface area contributed by atoms with Gasteiger partial charge in [0.15, 0.2) is 5.16 Å². The number of imidazole rings is 1. The second kappa shape index (κ2) is 5.73. The van der Waals surface area contributed by atoms with Crippen molar-refractivity contribution in [1.82, 2.24) is 14.9 Å². The average Bonchev–Trinajstić information content (AvgIpc) is 2.75. The van der Waals surface area contributed by atoms with Crippen LogP contribution in [0.5, 0.6) is 0 Å². The first-order valence-corrected chi connectivity index (χ1v) is 6.64. The van der Waals surface area contributed by atoms with Crippen molar-refractivity contribution in [3.63, 3.8) is 0 Å². The van der Waals surface area contributed by atoms with Crippen molar-refractivity contribution < 1.29 is 4.79 Å². The fourth-order valence-electron chi connectivity index (χ4n) is 1.67. The number of rotatable bonds is 5. The highest BCUT2D eigenvalue weighted by atomic mass is 32.2. The van der Waals surface area contributed by atoms with Crippen molar-refractivity contribution >= 4 is 28.7 Å². The zero-order chi connectivity index (χ0) is 13.0. The lowest BCUT2D eigenvalue weighted by Gasteiger charge is -2.05. The lowest BCUT2D eigenvalue weighted by molar-refractivity contribution is -0.118. The zero-order valence-corrected chi connectivity index (χ0v) is 11.0. The number of carbonyl (C=O) groups is 1. The maximum atomic E-state index is 11.3. The van der Waals surface area contributed by atoms with Gasteiger partial charge in [-0.2, -0.15) is 0 Å². The van der Waals surface area contributed by atoms with E-state index in [9.17, 15) is 4.79 Å². The third-order valence-corrected chi connectivity index (χ3v) is 3.52. The standard InChI is InChI=1S/C13H15N3OS/c1-3-8-16-11-7-5-4-6-10(11)15-13(16)18-9-12(17)14-2/h3-7H,1,8-9H2,2H3,(H,14,17). The molecule has 2 aromatic rings. The monoisotopic (exact) mass is 261 g/mol. The van der Waals surface area contributed by atoms with E-state index in [0.717, 1.165) is 16.2 Å². The lowest BCUT2D eigenvalue weighted by atomic mass is 10.3. The Morgan fingerprint density at radius 1 is 1.56 bits per heavy atom. The molecule has 5 heteroatoms. The first-order valence-electron chi connectivity index (χ1n) is 5.65. The van der Waals surface area contributed by atoms with Gasteiger partial charge in [-0.3, -0.25) is 4.79 Å². The van der Waals surface area contributed by atoms with Crippen LogP contribution in [-0.4, -0.2) is 28.3 Å². The minimum absolute atomic E-state index is 0.00258. The molecule has 94 valence electrons. The van der Waals surface area contributed by atoms with Crippen LogP contribution in [0.3, 0.4) is 0 Å². The van der Waals surface area contributed by atoms with Crippen LogP contribution in [0.4, 0.5) is 0 Å². The molecule has 1 amide bonds. The van der Waals surface area contributed by atoms with Gasteiger partial charge in [-0.05, 0) is 12.1 Å². The number of nitrogens with zero attached hydrogens (tertiary/aromatic N) is 2. The van der Waals surface area contributed by atoms with Gasteiger partial charge in [-0.25, -0.2) is 4.98 Å². The Balaban J connectivity index is 2.33. The number of carbonyl (C=O) groups excluding carboxylic acids is 1. The van der Waals surface area contributed by atoms with Gasteiger partial charge in [0.05, 0.1) is 16.8 Å². The fourth-order valence-corrected chi connectivity index (χ4v) is 2.57. The number of allylic oxidation sites excluding steroid dienone is 1. The van der Waals surface area contributed by atoms with Gasteiger partial charge < -0.3 is 9.88 Å². The van der Waals surface area contributed by atoms with E-state index in [1.807, 2.05) is 30.3 Å². The van der Waals surface area contributed by atoms with Crippen molar-refractivity contribution in [2.45, 2.75) is 11.7 Å². The third kappa shape index (κ3) is 2.56. The summed E-state index contributed by atoms with van der Waals surface area (Å²) in [5, 5.41) is 3.45. The Bertz CT molecular complexity index is 577. The number of amides is 1. The number of fused-ring (bicyclic) bond motifs is 1. The quantitative estimate of drug-likeness (QED) is 0.662. The molecule has 4 nitrogen and oxygen atoms in total. The second-order valence-electron chi connectivity index (χ2n) is 3.74. The summed E-state index contributed by atoms with van der Waals surface area (Å²) >= 11 is 1.44. The summed E-state index contributed by atoms with van der Waals surface area (Å²) < 4.78 is 2.07. The van der Waals surface area contributed by atoms with Gasteiger partial charge >= 0.3 is 0 Å². The number of aromatic nitrogens is 2. The number of nitrogens with one attached hydrogen (secondary N) is 1. The molecule has 0 spiro atoms. The Hall–Kier alpha value is -1.75. The van der Waals surface area contributed by atoms with E-state index >= 15 is 0 Å². The molecule has 0 saturated carbocycles. The molecule has 2 rings (SSSR count). The van der Waals surface area contributed by atoms with Crippen LogP contribution >= 0.6 is 11.8 Å². The smallest absolute Gasteiger partial charge is 0.230 e. The summed E-state index contributed by atoms with van der Waals surface area (Å²) in [5.74, 6) is 0.369. The third-order valence-electron chi connectivity index (χ3n) is 2.54. The molecule has 0 unspecified atom stereocenters. The lowest BCUT2D eigenvalue weighted by Crippen LogP contribution is -2.20. The molecule has 1 aromatic carbocycles. The maximum absolute atomic E-state index is 11.3. The molecule has 1 N–H and O–H groups in total. The van der Waals surface area contributed by atoms with Crippen LogP contribution in [0.15, 0.2) is 42.1 Å². The highest BCUT2D eigenvalue weighted by molar-refractivity contribution is 7.99. The number of thioether (sulfide) groups is 1. The highest BCUT2D eigenvalue weighted by Crippen LogP contribution is 2.23.